The first-order valence-electron chi connectivity index (χ1n) is 11.1. The van der Waals surface area contributed by atoms with Crippen molar-refractivity contribution in [3.05, 3.63) is 52.6 Å². The van der Waals surface area contributed by atoms with Crippen molar-refractivity contribution in [3.8, 4) is 0 Å². The molecule has 4 rings (SSSR count). The van der Waals surface area contributed by atoms with Crippen LogP contribution >= 0.6 is 11.3 Å². The van der Waals surface area contributed by atoms with Crippen LogP contribution in [0.15, 0.2) is 41.5 Å². The fourth-order valence-corrected chi connectivity index (χ4v) is 5.07. The number of hydrogen-bond acceptors (Lipinski definition) is 7. The third-order valence-electron chi connectivity index (χ3n) is 6.01. The highest BCUT2D eigenvalue weighted by Gasteiger charge is 2.26. The molecule has 0 atom stereocenters. The van der Waals surface area contributed by atoms with Crippen LogP contribution in [0.3, 0.4) is 0 Å². The predicted octanol–water partition coefficient (Wildman–Crippen LogP) is 1.86. The second-order valence-electron chi connectivity index (χ2n) is 8.10. The number of anilines is 1. The maximum Gasteiger partial charge on any atom is 0.273 e. The van der Waals surface area contributed by atoms with Crippen LogP contribution in [0.25, 0.3) is 10.3 Å². The molecule has 0 saturated carbocycles. The van der Waals surface area contributed by atoms with Crippen LogP contribution in [0.5, 0.6) is 0 Å². The van der Waals surface area contributed by atoms with Crippen molar-refractivity contribution >= 4 is 38.6 Å². The molecule has 0 aliphatic carbocycles. The van der Waals surface area contributed by atoms with E-state index in [2.05, 4.69) is 20.2 Å². The van der Waals surface area contributed by atoms with Crippen LogP contribution in [-0.2, 0) is 22.7 Å². The van der Waals surface area contributed by atoms with Gasteiger partial charge in [-0.05, 0) is 25.3 Å². The van der Waals surface area contributed by atoms with Crippen molar-refractivity contribution in [2.24, 2.45) is 5.92 Å². The molecule has 1 N–H and O–H groups in total. The molecule has 0 radical (unpaired) electrons. The Kier molecular flexibility index (Phi) is 7.02. The Labute approximate surface area is 196 Å². The molecule has 2 aromatic heterocycles. The van der Waals surface area contributed by atoms with Gasteiger partial charge >= 0.3 is 0 Å². The first kappa shape index (κ1) is 22.9. The first-order chi connectivity index (χ1) is 16.0. The number of amides is 2. The second kappa shape index (κ2) is 10.1. The van der Waals surface area contributed by atoms with Gasteiger partial charge in [0.25, 0.3) is 5.56 Å². The van der Waals surface area contributed by atoms with Gasteiger partial charge in [0.05, 0.1) is 0 Å². The minimum Gasteiger partial charge on any atom is -0.359 e. The fourth-order valence-electron chi connectivity index (χ4n) is 4.05. The molecular formula is C23H28N6O3S. The number of piperidine rings is 1. The fraction of sp³-hybridized carbons (Fsp3) is 0.435. The van der Waals surface area contributed by atoms with Crippen LogP contribution in [-0.4, -0.2) is 57.9 Å². The molecule has 1 aliphatic heterocycles. The summed E-state index contributed by atoms with van der Waals surface area (Å²) in [5.41, 5.74) is 1.18. The van der Waals surface area contributed by atoms with Crippen LogP contribution in [0.1, 0.15) is 25.3 Å². The summed E-state index contributed by atoms with van der Waals surface area (Å²) < 4.78 is 1.80. The smallest absolute Gasteiger partial charge is 0.273 e. The summed E-state index contributed by atoms with van der Waals surface area (Å²) >= 11 is 1.30. The van der Waals surface area contributed by atoms with Crippen LogP contribution in [0, 0.1) is 5.92 Å². The van der Waals surface area contributed by atoms with E-state index < -0.39 is 0 Å². The number of rotatable bonds is 7. The minimum absolute atomic E-state index is 0.0133. The predicted molar refractivity (Wildman–Crippen MR) is 128 cm³/mol. The molecule has 3 aromatic rings. The lowest BCUT2D eigenvalue weighted by Gasteiger charge is -2.30. The zero-order valence-corrected chi connectivity index (χ0v) is 19.7. The number of aromatic nitrogens is 3. The Bertz CT molecular complexity index is 1180. The van der Waals surface area contributed by atoms with Gasteiger partial charge in [-0.15, -0.1) is 0 Å². The van der Waals surface area contributed by atoms with E-state index >= 15 is 0 Å². The number of nitrogens with one attached hydrogen (secondary N) is 1. The lowest BCUT2D eigenvalue weighted by molar-refractivity contribution is -0.132. The Hall–Kier alpha value is -3.27. The molecule has 1 saturated heterocycles. The molecule has 0 bridgehead atoms. The van der Waals surface area contributed by atoms with E-state index in [0.717, 1.165) is 23.5 Å². The number of fused-ring (bicyclic) bond motifs is 1. The van der Waals surface area contributed by atoms with Crippen molar-refractivity contribution in [1.82, 2.24) is 24.8 Å². The van der Waals surface area contributed by atoms with Gasteiger partial charge in [-0.25, -0.2) is 4.98 Å². The normalized spacial score (nSPS) is 14.4. The van der Waals surface area contributed by atoms with Gasteiger partial charge < -0.3 is 15.1 Å². The molecule has 9 nitrogen and oxygen atoms in total. The highest BCUT2D eigenvalue weighted by Crippen LogP contribution is 2.29. The molecule has 0 unspecified atom stereocenters. The summed E-state index contributed by atoms with van der Waals surface area (Å²) in [6.45, 7) is 4.32. The van der Waals surface area contributed by atoms with Crippen molar-refractivity contribution < 1.29 is 9.59 Å². The van der Waals surface area contributed by atoms with E-state index in [-0.39, 0.29) is 29.8 Å². The number of likely N-dealkylation sites (N-methyl/N-ethyl adjacent to an activating group) is 1. The summed E-state index contributed by atoms with van der Waals surface area (Å²) in [5.74, 6) is -0.0495. The summed E-state index contributed by atoms with van der Waals surface area (Å²) in [5, 5.41) is 3.44. The van der Waals surface area contributed by atoms with Gasteiger partial charge in [-0.1, -0.05) is 41.7 Å². The van der Waals surface area contributed by atoms with Crippen molar-refractivity contribution in [1.29, 1.82) is 0 Å². The molecule has 1 aromatic carbocycles. The standard InChI is InChI=1S/C23H28N6O3S/c1-3-27(13-16-7-5-4-6-8-16)18(30)14-29-15-25-20-19(22(29)32)33-23(26-20)28-11-9-17(10-12-28)21(31)24-2/h4-8,15,17H,3,9-14H2,1-2H3,(H,24,31). The van der Waals surface area contributed by atoms with Gasteiger partial charge in [0.1, 0.15) is 17.6 Å². The molecule has 3 heterocycles. The average molecular weight is 469 g/mol. The molecular weight excluding hydrogens is 440 g/mol. The zero-order chi connectivity index (χ0) is 23.4. The number of nitrogens with zero attached hydrogens (tertiary/aromatic N) is 5. The van der Waals surface area contributed by atoms with Gasteiger partial charge in [0.2, 0.25) is 11.8 Å². The molecule has 33 heavy (non-hydrogen) atoms. The molecule has 174 valence electrons. The molecule has 0 spiro atoms. The maximum absolute atomic E-state index is 13.1. The average Bonchev–Trinajstić information content (AvgIpc) is 3.29. The Morgan fingerprint density at radius 2 is 1.94 bits per heavy atom. The molecule has 10 heteroatoms. The molecule has 1 aliphatic rings. The van der Waals surface area contributed by atoms with Gasteiger partial charge in [0, 0.05) is 39.1 Å². The SMILES string of the molecule is CCN(Cc1ccccc1)C(=O)Cn1cnc2nc(N3CCC(C(=O)NC)CC3)sc2c1=O. The number of thiazole rings is 1. The number of carbonyl (C=O) groups excluding carboxylic acids is 2. The maximum atomic E-state index is 13.1. The van der Waals surface area contributed by atoms with Gasteiger partial charge in [0.15, 0.2) is 10.8 Å². The third-order valence-corrected chi connectivity index (χ3v) is 7.10. The van der Waals surface area contributed by atoms with E-state index in [4.69, 9.17) is 0 Å². The Balaban J connectivity index is 1.47. The minimum atomic E-state index is -0.256. The van der Waals surface area contributed by atoms with E-state index in [1.165, 1.54) is 22.2 Å². The van der Waals surface area contributed by atoms with E-state index in [1.807, 2.05) is 37.3 Å². The summed E-state index contributed by atoms with van der Waals surface area (Å²) in [6, 6.07) is 9.78. The van der Waals surface area contributed by atoms with Gasteiger partial charge in [-0.2, -0.15) is 4.98 Å². The monoisotopic (exact) mass is 468 g/mol. The third kappa shape index (κ3) is 5.05. The first-order valence-corrected chi connectivity index (χ1v) is 12.0. The van der Waals surface area contributed by atoms with Crippen molar-refractivity contribution in [2.75, 3.05) is 31.6 Å². The Morgan fingerprint density at radius 3 is 2.61 bits per heavy atom. The van der Waals surface area contributed by atoms with Crippen LogP contribution < -0.4 is 15.8 Å². The summed E-state index contributed by atoms with van der Waals surface area (Å²) in [4.78, 5) is 50.5. The summed E-state index contributed by atoms with van der Waals surface area (Å²) in [7, 11) is 1.66. The van der Waals surface area contributed by atoms with Crippen molar-refractivity contribution in [2.45, 2.75) is 32.9 Å². The highest BCUT2D eigenvalue weighted by molar-refractivity contribution is 7.22. The second-order valence-corrected chi connectivity index (χ2v) is 9.07. The van der Waals surface area contributed by atoms with E-state index in [0.29, 0.717) is 36.5 Å². The van der Waals surface area contributed by atoms with Crippen molar-refractivity contribution in [3.63, 3.8) is 0 Å². The largest absolute Gasteiger partial charge is 0.359 e. The Morgan fingerprint density at radius 1 is 1.21 bits per heavy atom. The number of hydrogen-bond donors (Lipinski definition) is 1. The van der Waals surface area contributed by atoms with E-state index in [1.54, 1.807) is 11.9 Å². The topological polar surface area (TPSA) is 100 Å². The lowest BCUT2D eigenvalue weighted by Crippen LogP contribution is -2.39. The highest BCUT2D eigenvalue weighted by atomic mass is 32.1. The lowest BCUT2D eigenvalue weighted by atomic mass is 9.96. The zero-order valence-electron chi connectivity index (χ0n) is 18.9. The summed E-state index contributed by atoms with van der Waals surface area (Å²) in [6.07, 6.45) is 2.90. The molecule has 1 fully saturated rings. The van der Waals surface area contributed by atoms with Gasteiger partial charge in [-0.3, -0.25) is 19.0 Å². The molecule has 2 amide bonds. The van der Waals surface area contributed by atoms with E-state index in [9.17, 15) is 14.4 Å². The number of carbonyl (C=O) groups is 2. The number of benzene rings is 1. The van der Waals surface area contributed by atoms with Crippen LogP contribution in [0.2, 0.25) is 0 Å². The van der Waals surface area contributed by atoms with Crippen LogP contribution in [0.4, 0.5) is 5.13 Å². The quantitative estimate of drug-likeness (QED) is 0.568.